The minimum atomic E-state index is 0.0234. The van der Waals surface area contributed by atoms with Crippen LogP contribution in [-0.4, -0.2) is 47.4 Å². The van der Waals surface area contributed by atoms with Gasteiger partial charge < -0.3 is 14.8 Å². The van der Waals surface area contributed by atoms with Crippen molar-refractivity contribution in [1.29, 1.82) is 0 Å². The molecule has 144 valence electrons. The minimum absolute atomic E-state index is 0.0234. The molecule has 1 atom stereocenters. The lowest BCUT2D eigenvalue weighted by molar-refractivity contribution is 0.139. The zero-order valence-electron chi connectivity index (χ0n) is 15.8. The third-order valence-electron chi connectivity index (χ3n) is 5.61. The van der Waals surface area contributed by atoms with E-state index in [4.69, 9.17) is 14.5 Å². The van der Waals surface area contributed by atoms with Gasteiger partial charge in [0, 0.05) is 24.4 Å². The molecule has 1 N–H and O–H groups in total. The molecule has 0 saturated carbocycles. The summed E-state index contributed by atoms with van der Waals surface area (Å²) in [4.78, 5) is 13.7. The molecule has 1 aromatic carbocycles. The summed E-state index contributed by atoms with van der Waals surface area (Å²) < 4.78 is 11.6. The first-order chi connectivity index (χ1) is 13.9. The Balaban J connectivity index is 1.47. The number of benzene rings is 1. The molecule has 2 aliphatic rings. The Kier molecular flexibility index (Phi) is 4.89. The number of nitrogens with zero attached hydrogens (tertiary/aromatic N) is 3. The molecule has 6 nitrogen and oxygen atoms in total. The molecule has 0 bridgehead atoms. The van der Waals surface area contributed by atoms with Crippen LogP contribution >= 0.6 is 0 Å². The maximum atomic E-state index is 6.12. The molecular weight excluding hydrogens is 352 g/mol. The third kappa shape index (κ3) is 3.57. The smallest absolute Gasteiger partial charge is 0.243 e. The lowest BCUT2D eigenvalue weighted by atomic mass is 9.89. The van der Waals surface area contributed by atoms with Gasteiger partial charge in [0.15, 0.2) is 5.52 Å². The maximum Gasteiger partial charge on any atom is 0.243 e. The van der Waals surface area contributed by atoms with E-state index in [1.165, 1.54) is 18.4 Å². The van der Waals surface area contributed by atoms with Crippen molar-refractivity contribution in [3.05, 3.63) is 48.3 Å². The van der Waals surface area contributed by atoms with Crippen LogP contribution in [0.5, 0.6) is 5.88 Å². The molecule has 2 fully saturated rings. The van der Waals surface area contributed by atoms with E-state index < -0.39 is 0 Å². The van der Waals surface area contributed by atoms with Crippen LogP contribution in [0.25, 0.3) is 22.3 Å². The van der Waals surface area contributed by atoms with E-state index in [0.717, 1.165) is 42.9 Å². The first-order valence-corrected chi connectivity index (χ1v) is 10.0. The molecule has 2 saturated heterocycles. The number of pyridine rings is 1. The summed E-state index contributed by atoms with van der Waals surface area (Å²) in [5.74, 6) is 1.19. The van der Waals surface area contributed by atoms with Crippen LogP contribution in [0, 0.1) is 0 Å². The highest BCUT2D eigenvalue weighted by atomic mass is 16.5. The molecule has 0 amide bonds. The summed E-state index contributed by atoms with van der Waals surface area (Å²) in [6.45, 7) is 3.52. The molecule has 2 aromatic heterocycles. The van der Waals surface area contributed by atoms with Crippen molar-refractivity contribution < 1.29 is 9.47 Å². The Morgan fingerprint density at radius 3 is 2.61 bits per heavy atom. The average Bonchev–Trinajstić information content (AvgIpc) is 3.27. The second-order valence-electron chi connectivity index (χ2n) is 7.49. The number of hydrogen-bond acceptors (Lipinski definition) is 6. The van der Waals surface area contributed by atoms with Gasteiger partial charge in [-0.3, -0.25) is 4.98 Å². The van der Waals surface area contributed by atoms with Crippen LogP contribution in [0.4, 0.5) is 0 Å². The largest absolute Gasteiger partial charge is 0.470 e. The van der Waals surface area contributed by atoms with Gasteiger partial charge in [0.05, 0.1) is 24.4 Å². The van der Waals surface area contributed by atoms with Crippen LogP contribution in [0.15, 0.2) is 42.7 Å². The van der Waals surface area contributed by atoms with Gasteiger partial charge >= 0.3 is 0 Å². The SMILES string of the molecule is c1cnc2c(O[C@@H]3CCOC3)nc(-c3ccc(C4CCNCC4)cc3)cc2n1. The van der Waals surface area contributed by atoms with Crippen LogP contribution in [0.2, 0.25) is 0 Å². The topological polar surface area (TPSA) is 69.2 Å². The standard InChI is InChI=1S/C22H24N4O2/c1-3-17(4-2-15(1)16-5-8-23-9-6-16)19-13-20-21(25-11-10-24-20)22(26-19)28-18-7-12-27-14-18/h1-4,10-11,13,16,18,23H,5-9,12,14H2/t18-/m1/s1. The van der Waals surface area contributed by atoms with Crippen molar-refractivity contribution >= 4 is 11.0 Å². The molecule has 0 unspecified atom stereocenters. The van der Waals surface area contributed by atoms with Gasteiger partial charge in [0.25, 0.3) is 0 Å². The first-order valence-electron chi connectivity index (χ1n) is 10.0. The second kappa shape index (κ2) is 7.81. The minimum Gasteiger partial charge on any atom is -0.470 e. The summed E-state index contributed by atoms with van der Waals surface area (Å²) in [5, 5.41) is 3.43. The number of piperidine rings is 1. The van der Waals surface area contributed by atoms with Crippen molar-refractivity contribution in [3.63, 3.8) is 0 Å². The summed E-state index contributed by atoms with van der Waals surface area (Å²) in [6, 6.07) is 10.8. The monoisotopic (exact) mass is 376 g/mol. The van der Waals surface area contributed by atoms with Gasteiger partial charge in [-0.2, -0.15) is 0 Å². The van der Waals surface area contributed by atoms with Crippen molar-refractivity contribution in [1.82, 2.24) is 20.3 Å². The maximum absolute atomic E-state index is 6.12. The van der Waals surface area contributed by atoms with Gasteiger partial charge in [0.1, 0.15) is 6.10 Å². The normalized spacial score (nSPS) is 20.5. The van der Waals surface area contributed by atoms with E-state index in [1.54, 1.807) is 12.4 Å². The van der Waals surface area contributed by atoms with E-state index >= 15 is 0 Å². The van der Waals surface area contributed by atoms with Crippen LogP contribution in [0.1, 0.15) is 30.7 Å². The number of nitrogens with one attached hydrogen (secondary N) is 1. The van der Waals surface area contributed by atoms with E-state index in [2.05, 4.69) is 39.6 Å². The Labute approximate surface area is 164 Å². The van der Waals surface area contributed by atoms with Gasteiger partial charge in [0.2, 0.25) is 5.88 Å². The molecule has 2 aliphatic heterocycles. The molecule has 5 rings (SSSR count). The Hall–Kier alpha value is -2.57. The van der Waals surface area contributed by atoms with Crippen molar-refractivity contribution in [2.75, 3.05) is 26.3 Å². The van der Waals surface area contributed by atoms with Gasteiger partial charge in [-0.1, -0.05) is 24.3 Å². The van der Waals surface area contributed by atoms with E-state index in [1.807, 2.05) is 6.07 Å². The highest BCUT2D eigenvalue weighted by Crippen LogP contribution is 2.31. The lowest BCUT2D eigenvalue weighted by Gasteiger charge is -2.23. The van der Waals surface area contributed by atoms with Crippen LogP contribution in [0.3, 0.4) is 0 Å². The van der Waals surface area contributed by atoms with Crippen molar-refractivity contribution in [2.45, 2.75) is 31.3 Å². The average molecular weight is 376 g/mol. The summed E-state index contributed by atoms with van der Waals surface area (Å²) in [7, 11) is 0. The number of rotatable bonds is 4. The lowest BCUT2D eigenvalue weighted by Crippen LogP contribution is -2.26. The molecule has 0 radical (unpaired) electrons. The molecule has 4 heterocycles. The zero-order valence-corrected chi connectivity index (χ0v) is 15.8. The number of fused-ring (bicyclic) bond motifs is 1. The van der Waals surface area contributed by atoms with Crippen LogP contribution < -0.4 is 10.1 Å². The molecule has 3 aromatic rings. The first kappa shape index (κ1) is 17.5. The van der Waals surface area contributed by atoms with E-state index in [9.17, 15) is 0 Å². The quantitative estimate of drug-likeness (QED) is 0.753. The Morgan fingerprint density at radius 1 is 1.00 bits per heavy atom. The van der Waals surface area contributed by atoms with Gasteiger partial charge in [-0.05, 0) is 43.5 Å². The molecule has 28 heavy (non-hydrogen) atoms. The predicted octanol–water partition coefficient (Wildman–Crippen LogP) is 3.33. The zero-order chi connectivity index (χ0) is 18.8. The van der Waals surface area contributed by atoms with Crippen LogP contribution in [-0.2, 0) is 4.74 Å². The Morgan fingerprint density at radius 2 is 1.82 bits per heavy atom. The van der Waals surface area contributed by atoms with Crippen molar-refractivity contribution in [3.8, 4) is 17.1 Å². The molecule has 6 heteroatoms. The highest BCUT2D eigenvalue weighted by molar-refractivity contribution is 5.83. The highest BCUT2D eigenvalue weighted by Gasteiger charge is 2.21. The summed E-state index contributed by atoms with van der Waals surface area (Å²) in [6.07, 6.45) is 6.67. The predicted molar refractivity (Wildman–Crippen MR) is 107 cm³/mol. The Bertz CT molecular complexity index is 948. The van der Waals surface area contributed by atoms with Gasteiger partial charge in [-0.15, -0.1) is 0 Å². The summed E-state index contributed by atoms with van der Waals surface area (Å²) in [5.41, 5.74) is 4.83. The number of hydrogen-bond donors (Lipinski definition) is 1. The fourth-order valence-electron chi connectivity index (χ4n) is 4.02. The summed E-state index contributed by atoms with van der Waals surface area (Å²) >= 11 is 0. The number of ether oxygens (including phenoxy) is 2. The molecule has 0 spiro atoms. The fourth-order valence-corrected chi connectivity index (χ4v) is 4.02. The molecular formula is C22H24N4O2. The molecule has 0 aliphatic carbocycles. The van der Waals surface area contributed by atoms with Crippen molar-refractivity contribution in [2.24, 2.45) is 0 Å². The van der Waals surface area contributed by atoms with E-state index in [-0.39, 0.29) is 6.10 Å². The van der Waals surface area contributed by atoms with E-state index in [0.29, 0.717) is 23.9 Å². The number of aromatic nitrogens is 3. The third-order valence-corrected chi connectivity index (χ3v) is 5.61. The fraction of sp³-hybridized carbons (Fsp3) is 0.409. The van der Waals surface area contributed by atoms with Gasteiger partial charge in [-0.25, -0.2) is 9.97 Å². The second-order valence-corrected chi connectivity index (χ2v) is 7.49.